The van der Waals surface area contributed by atoms with Gasteiger partial charge in [0.15, 0.2) is 0 Å². The van der Waals surface area contributed by atoms with E-state index in [1.54, 1.807) is 0 Å². The highest BCUT2D eigenvalue weighted by atomic mass is 35.5. The third kappa shape index (κ3) is 2.77. The van der Waals surface area contributed by atoms with E-state index in [-0.39, 0.29) is 5.91 Å². The lowest BCUT2D eigenvalue weighted by atomic mass is 10.4. The highest BCUT2D eigenvalue weighted by molar-refractivity contribution is 6.30. The average Bonchev–Trinajstić information content (AvgIpc) is 2.41. The second-order valence-electron chi connectivity index (χ2n) is 2.89. The maximum absolute atomic E-state index is 10.9. The number of aryl methyl sites for hydroxylation is 1. The normalized spacial score (nSPS) is 10.1. The molecule has 0 saturated carbocycles. The Hall–Kier alpha value is -0.960. The van der Waals surface area contributed by atoms with Crippen LogP contribution in [0.15, 0.2) is 12.3 Å². The molecule has 1 aromatic heterocycles. The van der Waals surface area contributed by atoms with Gasteiger partial charge >= 0.3 is 0 Å². The van der Waals surface area contributed by atoms with Crippen molar-refractivity contribution in [3.63, 3.8) is 0 Å². The summed E-state index contributed by atoms with van der Waals surface area (Å²) >= 11 is 5.78. The van der Waals surface area contributed by atoms with Gasteiger partial charge in [0.25, 0.3) is 0 Å². The number of hydrogen-bond acceptors (Lipinski definition) is 1. The number of amides is 1. The van der Waals surface area contributed by atoms with E-state index in [9.17, 15) is 4.79 Å². The Bertz CT molecular complexity index is 307. The van der Waals surface area contributed by atoms with E-state index in [1.807, 2.05) is 30.8 Å². The smallest absolute Gasteiger partial charge is 0.220 e. The SMILES string of the molecule is CCC(=O)NCc1cc(Cl)cn1C. The largest absolute Gasteiger partial charge is 0.351 e. The van der Waals surface area contributed by atoms with E-state index in [0.717, 1.165) is 5.69 Å². The van der Waals surface area contributed by atoms with Gasteiger partial charge in [-0.2, -0.15) is 0 Å². The number of nitrogens with one attached hydrogen (secondary N) is 1. The molecule has 1 rings (SSSR count). The van der Waals surface area contributed by atoms with E-state index in [4.69, 9.17) is 11.6 Å². The van der Waals surface area contributed by atoms with Crippen molar-refractivity contribution in [1.82, 2.24) is 9.88 Å². The van der Waals surface area contributed by atoms with Crippen molar-refractivity contribution >= 4 is 17.5 Å². The van der Waals surface area contributed by atoms with Crippen LogP contribution in [0.3, 0.4) is 0 Å². The monoisotopic (exact) mass is 200 g/mol. The van der Waals surface area contributed by atoms with Gasteiger partial charge in [-0.05, 0) is 6.07 Å². The van der Waals surface area contributed by atoms with Gasteiger partial charge in [-0.25, -0.2) is 0 Å². The molecule has 1 N–H and O–H groups in total. The molecule has 0 aliphatic carbocycles. The molecule has 0 bridgehead atoms. The molecule has 0 fully saturated rings. The summed E-state index contributed by atoms with van der Waals surface area (Å²) in [5.41, 5.74) is 1.01. The number of hydrogen-bond donors (Lipinski definition) is 1. The Kier molecular flexibility index (Phi) is 3.37. The summed E-state index contributed by atoms with van der Waals surface area (Å²) < 4.78 is 1.90. The van der Waals surface area contributed by atoms with Crippen LogP contribution in [-0.4, -0.2) is 10.5 Å². The van der Waals surface area contributed by atoms with E-state index in [2.05, 4.69) is 5.32 Å². The summed E-state index contributed by atoms with van der Waals surface area (Å²) in [4.78, 5) is 10.9. The third-order valence-corrected chi connectivity index (χ3v) is 2.07. The molecule has 3 nitrogen and oxygen atoms in total. The van der Waals surface area contributed by atoms with Gasteiger partial charge in [-0.15, -0.1) is 0 Å². The first-order chi connectivity index (χ1) is 6.13. The van der Waals surface area contributed by atoms with Crippen LogP contribution in [0.2, 0.25) is 5.02 Å². The zero-order chi connectivity index (χ0) is 9.84. The van der Waals surface area contributed by atoms with Crippen LogP contribution in [0.5, 0.6) is 0 Å². The van der Waals surface area contributed by atoms with Crippen molar-refractivity contribution in [2.24, 2.45) is 7.05 Å². The lowest BCUT2D eigenvalue weighted by Crippen LogP contribution is -2.22. The first-order valence-corrected chi connectivity index (χ1v) is 4.58. The highest BCUT2D eigenvalue weighted by Crippen LogP contribution is 2.12. The Morgan fingerprint density at radius 3 is 2.85 bits per heavy atom. The molecule has 1 heterocycles. The highest BCUT2D eigenvalue weighted by Gasteiger charge is 2.02. The second kappa shape index (κ2) is 4.33. The first-order valence-electron chi connectivity index (χ1n) is 4.21. The Morgan fingerprint density at radius 1 is 1.69 bits per heavy atom. The predicted molar refractivity (Wildman–Crippen MR) is 52.6 cm³/mol. The number of halogens is 1. The second-order valence-corrected chi connectivity index (χ2v) is 3.33. The molecule has 0 unspecified atom stereocenters. The molecule has 0 aliphatic rings. The predicted octanol–water partition coefficient (Wildman–Crippen LogP) is 1.70. The van der Waals surface area contributed by atoms with Gasteiger partial charge in [0.05, 0.1) is 11.6 Å². The molecule has 1 amide bonds. The molecule has 0 saturated heterocycles. The number of carbonyl (C=O) groups is 1. The molecular formula is C9H13ClN2O. The van der Waals surface area contributed by atoms with Crippen LogP contribution in [0.1, 0.15) is 19.0 Å². The standard InChI is InChI=1S/C9H13ClN2O/c1-3-9(13)11-5-8-4-7(10)6-12(8)2/h4,6H,3,5H2,1-2H3,(H,11,13). The van der Waals surface area contributed by atoms with Gasteiger partial charge < -0.3 is 9.88 Å². The molecule has 4 heteroatoms. The van der Waals surface area contributed by atoms with Gasteiger partial charge in [0.2, 0.25) is 5.91 Å². The van der Waals surface area contributed by atoms with Crippen LogP contribution >= 0.6 is 11.6 Å². The van der Waals surface area contributed by atoms with Gasteiger partial charge in [0.1, 0.15) is 0 Å². The summed E-state index contributed by atoms with van der Waals surface area (Å²) in [6, 6.07) is 1.84. The lowest BCUT2D eigenvalue weighted by molar-refractivity contribution is -0.120. The average molecular weight is 201 g/mol. The summed E-state index contributed by atoms with van der Waals surface area (Å²) in [5, 5.41) is 3.48. The van der Waals surface area contributed by atoms with Gasteiger partial charge in [-0.3, -0.25) is 4.79 Å². The van der Waals surface area contributed by atoms with Crippen LogP contribution in [0.25, 0.3) is 0 Å². The molecule has 72 valence electrons. The molecule has 0 aromatic carbocycles. The summed E-state index contributed by atoms with van der Waals surface area (Å²) in [7, 11) is 1.90. The molecule has 0 aliphatic heterocycles. The molecule has 0 radical (unpaired) electrons. The molecule has 13 heavy (non-hydrogen) atoms. The molecule has 1 aromatic rings. The van der Waals surface area contributed by atoms with E-state index in [0.29, 0.717) is 18.0 Å². The number of aromatic nitrogens is 1. The summed E-state index contributed by atoms with van der Waals surface area (Å²) in [6.45, 7) is 2.36. The molecule has 0 spiro atoms. The van der Waals surface area contributed by atoms with Crippen LogP contribution in [-0.2, 0) is 18.4 Å². The van der Waals surface area contributed by atoms with Crippen molar-refractivity contribution in [3.05, 3.63) is 23.0 Å². The maximum atomic E-state index is 10.9. The van der Waals surface area contributed by atoms with E-state index >= 15 is 0 Å². The van der Waals surface area contributed by atoms with Gasteiger partial charge in [0, 0.05) is 25.4 Å². The Labute approximate surface area is 82.7 Å². The zero-order valence-electron chi connectivity index (χ0n) is 7.80. The minimum atomic E-state index is 0.0531. The molecule has 0 atom stereocenters. The number of carbonyl (C=O) groups excluding carboxylic acids is 1. The first kappa shape index (κ1) is 10.1. The maximum Gasteiger partial charge on any atom is 0.220 e. The van der Waals surface area contributed by atoms with Crippen molar-refractivity contribution in [3.8, 4) is 0 Å². The summed E-state index contributed by atoms with van der Waals surface area (Å²) in [5.74, 6) is 0.0531. The topological polar surface area (TPSA) is 34.0 Å². The number of nitrogens with zero attached hydrogens (tertiary/aromatic N) is 1. The minimum Gasteiger partial charge on any atom is -0.351 e. The summed E-state index contributed by atoms with van der Waals surface area (Å²) in [6.07, 6.45) is 2.33. The third-order valence-electron chi connectivity index (χ3n) is 1.86. The van der Waals surface area contributed by atoms with E-state index in [1.165, 1.54) is 0 Å². The van der Waals surface area contributed by atoms with Crippen LogP contribution in [0, 0.1) is 0 Å². The van der Waals surface area contributed by atoms with Crippen LogP contribution < -0.4 is 5.32 Å². The van der Waals surface area contributed by atoms with E-state index < -0.39 is 0 Å². The number of rotatable bonds is 3. The Balaban J connectivity index is 2.54. The Morgan fingerprint density at radius 2 is 2.38 bits per heavy atom. The minimum absolute atomic E-state index is 0.0531. The van der Waals surface area contributed by atoms with Gasteiger partial charge in [-0.1, -0.05) is 18.5 Å². The van der Waals surface area contributed by atoms with Crippen molar-refractivity contribution < 1.29 is 4.79 Å². The van der Waals surface area contributed by atoms with Crippen molar-refractivity contribution in [2.45, 2.75) is 19.9 Å². The molecular weight excluding hydrogens is 188 g/mol. The van der Waals surface area contributed by atoms with Crippen LogP contribution in [0.4, 0.5) is 0 Å². The van der Waals surface area contributed by atoms with Crippen molar-refractivity contribution in [2.75, 3.05) is 0 Å². The quantitative estimate of drug-likeness (QED) is 0.792. The van der Waals surface area contributed by atoms with Crippen molar-refractivity contribution in [1.29, 1.82) is 0 Å². The fourth-order valence-electron chi connectivity index (χ4n) is 1.06. The lowest BCUT2D eigenvalue weighted by Gasteiger charge is -2.04. The zero-order valence-corrected chi connectivity index (χ0v) is 8.56. The fraction of sp³-hybridized carbons (Fsp3) is 0.444. The fourth-order valence-corrected chi connectivity index (χ4v) is 1.33.